The summed E-state index contributed by atoms with van der Waals surface area (Å²) >= 11 is 0. The molecule has 0 saturated heterocycles. The molecule has 0 aliphatic heterocycles. The maximum atomic E-state index is 13.8. The first-order valence-electron chi connectivity index (χ1n) is 13.4. The van der Waals surface area contributed by atoms with Gasteiger partial charge in [-0.1, -0.05) is 54.1 Å². The van der Waals surface area contributed by atoms with Crippen molar-refractivity contribution in [2.24, 2.45) is 0 Å². The molecule has 3 heterocycles. The van der Waals surface area contributed by atoms with Crippen LogP contribution in [-0.4, -0.2) is 30.1 Å². The van der Waals surface area contributed by atoms with E-state index < -0.39 is 6.04 Å². The van der Waals surface area contributed by atoms with Crippen LogP contribution in [-0.2, 0) is 19.6 Å². The molecule has 0 amide bonds. The molecule has 0 radical (unpaired) electrons. The average molecular weight is 549 g/mol. The Morgan fingerprint density at radius 2 is 1.76 bits per heavy atom. The molecule has 0 spiro atoms. The molecule has 9 heteroatoms. The van der Waals surface area contributed by atoms with Crippen LogP contribution >= 0.6 is 0 Å². The number of aromatic amines is 1. The van der Waals surface area contributed by atoms with E-state index in [1.165, 1.54) is 12.1 Å². The van der Waals surface area contributed by atoms with E-state index in [1.54, 1.807) is 23.1 Å². The van der Waals surface area contributed by atoms with Gasteiger partial charge in [-0.2, -0.15) is 0 Å². The van der Waals surface area contributed by atoms with Gasteiger partial charge < -0.3 is 9.40 Å². The maximum absolute atomic E-state index is 13.8. The number of nitrogens with one attached hydrogen (secondary N) is 1. The molecular weight excluding hydrogens is 519 g/mol. The van der Waals surface area contributed by atoms with Crippen molar-refractivity contribution in [1.29, 1.82) is 0 Å². The van der Waals surface area contributed by atoms with Gasteiger partial charge in [-0.25, -0.2) is 9.07 Å². The Labute approximate surface area is 236 Å². The second-order valence-electron chi connectivity index (χ2n) is 10.3. The van der Waals surface area contributed by atoms with E-state index in [9.17, 15) is 9.18 Å². The molecule has 0 bridgehead atoms. The highest BCUT2D eigenvalue weighted by Gasteiger charge is 2.31. The first kappa shape index (κ1) is 26.3. The lowest BCUT2D eigenvalue weighted by Crippen LogP contribution is -2.35. The van der Waals surface area contributed by atoms with E-state index in [1.807, 2.05) is 62.4 Å². The minimum absolute atomic E-state index is 0.219. The van der Waals surface area contributed by atoms with Crippen LogP contribution in [0.3, 0.4) is 0 Å². The number of benzene rings is 3. The summed E-state index contributed by atoms with van der Waals surface area (Å²) in [4.78, 5) is 19.1. The third-order valence-electron chi connectivity index (χ3n) is 7.20. The summed E-state index contributed by atoms with van der Waals surface area (Å²) in [6.45, 7) is 5.24. The average Bonchev–Trinajstić information content (AvgIpc) is 3.64. The number of fused-ring (bicyclic) bond motifs is 1. The van der Waals surface area contributed by atoms with Crippen LogP contribution in [0, 0.1) is 19.7 Å². The second kappa shape index (κ2) is 11.3. The molecule has 3 aromatic heterocycles. The topological polar surface area (TPSA) is 92.8 Å². The number of rotatable bonds is 9. The molecule has 6 aromatic rings. The fourth-order valence-corrected chi connectivity index (χ4v) is 5.35. The van der Waals surface area contributed by atoms with Gasteiger partial charge in [0.25, 0.3) is 5.56 Å². The molecule has 0 unspecified atom stereocenters. The Kier molecular flexibility index (Phi) is 7.26. The van der Waals surface area contributed by atoms with Crippen molar-refractivity contribution in [2.75, 3.05) is 0 Å². The number of nitrogens with zero attached hydrogens (tertiary/aromatic N) is 5. The molecule has 41 heavy (non-hydrogen) atoms. The molecule has 6 rings (SSSR count). The lowest BCUT2D eigenvalue weighted by molar-refractivity contribution is 0.179. The minimum atomic E-state index is -0.635. The van der Waals surface area contributed by atoms with Gasteiger partial charge in [0, 0.05) is 12.1 Å². The van der Waals surface area contributed by atoms with Crippen LogP contribution in [0.2, 0.25) is 0 Å². The van der Waals surface area contributed by atoms with Crippen molar-refractivity contribution in [1.82, 2.24) is 30.1 Å². The van der Waals surface area contributed by atoms with Crippen molar-refractivity contribution in [3.8, 4) is 0 Å². The standard InChI is InChI=1S/C32H29FN6O2/c1-21-15-22(2)29-25(16-21)17-28(32(40)34-29)30(31-35-36-37-39(31)19-24-10-12-26(33)13-11-24)38(20-27-9-6-14-41-27)18-23-7-4-3-5-8-23/h3-17,30H,18-20H2,1-2H3,(H,34,40)/t30-/m1/s1. The maximum Gasteiger partial charge on any atom is 0.253 e. The highest BCUT2D eigenvalue weighted by molar-refractivity contribution is 5.83. The molecule has 3 aromatic carbocycles. The molecule has 8 nitrogen and oxygen atoms in total. The van der Waals surface area contributed by atoms with Gasteiger partial charge in [0.05, 0.1) is 24.9 Å². The lowest BCUT2D eigenvalue weighted by Gasteiger charge is -2.30. The van der Waals surface area contributed by atoms with Crippen molar-refractivity contribution < 1.29 is 8.81 Å². The van der Waals surface area contributed by atoms with E-state index in [0.29, 0.717) is 31.0 Å². The summed E-state index contributed by atoms with van der Waals surface area (Å²) < 4.78 is 21.0. The number of pyridine rings is 1. The molecule has 0 fully saturated rings. The Bertz CT molecular complexity index is 1830. The summed E-state index contributed by atoms with van der Waals surface area (Å²) in [5.41, 5.74) is 5.09. The number of aryl methyl sites for hydroxylation is 2. The van der Waals surface area contributed by atoms with Gasteiger partial charge in [0.15, 0.2) is 5.82 Å². The molecule has 1 N–H and O–H groups in total. The summed E-state index contributed by atoms with van der Waals surface area (Å²) in [7, 11) is 0. The van der Waals surface area contributed by atoms with Crippen molar-refractivity contribution in [3.05, 3.63) is 147 Å². The van der Waals surface area contributed by atoms with Gasteiger partial charge in [-0.05, 0) is 82.7 Å². The number of furan rings is 1. The number of halogens is 1. The van der Waals surface area contributed by atoms with Crippen LogP contribution < -0.4 is 5.56 Å². The zero-order valence-electron chi connectivity index (χ0n) is 22.8. The third kappa shape index (κ3) is 5.71. The Balaban J connectivity index is 1.53. The molecule has 0 saturated carbocycles. The zero-order chi connectivity index (χ0) is 28.3. The Morgan fingerprint density at radius 3 is 2.51 bits per heavy atom. The number of aromatic nitrogens is 5. The van der Waals surface area contributed by atoms with Crippen LogP contribution in [0.15, 0.2) is 100 Å². The largest absolute Gasteiger partial charge is 0.468 e. The molecule has 206 valence electrons. The van der Waals surface area contributed by atoms with Gasteiger partial charge in [-0.15, -0.1) is 5.10 Å². The number of H-pyrrole nitrogens is 1. The smallest absolute Gasteiger partial charge is 0.253 e. The molecular formula is C32H29FN6O2. The highest BCUT2D eigenvalue weighted by atomic mass is 19.1. The summed E-state index contributed by atoms with van der Waals surface area (Å²) in [6.07, 6.45) is 1.64. The predicted molar refractivity (Wildman–Crippen MR) is 154 cm³/mol. The van der Waals surface area contributed by atoms with Crippen LogP contribution in [0.4, 0.5) is 4.39 Å². The van der Waals surface area contributed by atoms with Gasteiger partial charge in [0.1, 0.15) is 17.6 Å². The fraction of sp³-hybridized carbons (Fsp3) is 0.188. The van der Waals surface area contributed by atoms with E-state index in [0.717, 1.165) is 38.9 Å². The fourth-order valence-electron chi connectivity index (χ4n) is 5.35. The molecule has 1 atom stereocenters. The third-order valence-corrected chi connectivity index (χ3v) is 7.20. The van der Waals surface area contributed by atoms with E-state index in [-0.39, 0.29) is 11.4 Å². The first-order valence-corrected chi connectivity index (χ1v) is 13.4. The summed E-state index contributed by atoms with van der Waals surface area (Å²) in [5.74, 6) is 0.919. The number of tetrazole rings is 1. The van der Waals surface area contributed by atoms with Crippen LogP contribution in [0.1, 0.15) is 45.4 Å². The van der Waals surface area contributed by atoms with Gasteiger partial charge in [-0.3, -0.25) is 9.69 Å². The first-order chi connectivity index (χ1) is 19.9. The molecule has 0 aliphatic rings. The minimum Gasteiger partial charge on any atom is -0.468 e. The highest BCUT2D eigenvalue weighted by Crippen LogP contribution is 2.31. The van der Waals surface area contributed by atoms with Gasteiger partial charge in [0.2, 0.25) is 0 Å². The lowest BCUT2D eigenvalue weighted by atomic mass is 10.00. The quantitative estimate of drug-likeness (QED) is 0.249. The van der Waals surface area contributed by atoms with E-state index in [4.69, 9.17) is 4.42 Å². The summed E-state index contributed by atoms with van der Waals surface area (Å²) in [5, 5.41) is 13.7. The van der Waals surface area contributed by atoms with E-state index >= 15 is 0 Å². The van der Waals surface area contributed by atoms with E-state index in [2.05, 4.69) is 37.5 Å². The predicted octanol–water partition coefficient (Wildman–Crippen LogP) is 5.70. The van der Waals surface area contributed by atoms with Crippen LogP contribution in [0.5, 0.6) is 0 Å². The normalized spacial score (nSPS) is 12.3. The Hall–Kier alpha value is -4.89. The molecule has 0 aliphatic carbocycles. The number of hydrogen-bond acceptors (Lipinski definition) is 6. The van der Waals surface area contributed by atoms with Crippen LogP contribution in [0.25, 0.3) is 10.9 Å². The zero-order valence-corrected chi connectivity index (χ0v) is 22.8. The summed E-state index contributed by atoms with van der Waals surface area (Å²) in [6, 6.07) is 25.4. The van der Waals surface area contributed by atoms with Crippen molar-refractivity contribution in [3.63, 3.8) is 0 Å². The van der Waals surface area contributed by atoms with Crippen molar-refractivity contribution >= 4 is 10.9 Å². The second-order valence-corrected chi connectivity index (χ2v) is 10.3. The van der Waals surface area contributed by atoms with Crippen molar-refractivity contribution in [2.45, 2.75) is 39.5 Å². The van der Waals surface area contributed by atoms with Gasteiger partial charge >= 0.3 is 0 Å². The SMILES string of the molecule is Cc1cc(C)c2[nH]c(=O)c([C@H](c3nnnn3Cc3ccc(F)cc3)N(Cc3ccccc3)Cc3ccco3)cc2c1. The number of hydrogen-bond donors (Lipinski definition) is 1. The monoisotopic (exact) mass is 548 g/mol. The Morgan fingerprint density at radius 1 is 0.951 bits per heavy atom.